The van der Waals surface area contributed by atoms with Crippen LogP contribution in [0.25, 0.3) is 0 Å². The third-order valence-electron chi connectivity index (χ3n) is 3.27. The van der Waals surface area contributed by atoms with E-state index in [9.17, 15) is 0 Å². The zero-order chi connectivity index (χ0) is 12.9. The summed E-state index contributed by atoms with van der Waals surface area (Å²) in [4.78, 5) is 2.45. The molecule has 0 aliphatic carbocycles. The van der Waals surface area contributed by atoms with Crippen LogP contribution in [0.5, 0.6) is 0 Å². The normalized spacial score (nSPS) is 17.2. The Bertz CT molecular complexity index is 173. The monoisotopic (exact) mass is 258 g/mol. The van der Waals surface area contributed by atoms with E-state index < -0.39 is 0 Å². The summed E-state index contributed by atoms with van der Waals surface area (Å²) < 4.78 is 10.9. The minimum Gasteiger partial charge on any atom is -0.380 e. The fourth-order valence-corrected chi connectivity index (χ4v) is 2.06. The number of hydrogen-bond acceptors (Lipinski definition) is 4. The van der Waals surface area contributed by atoms with Gasteiger partial charge < -0.3 is 14.8 Å². The third-order valence-corrected chi connectivity index (χ3v) is 3.27. The van der Waals surface area contributed by atoms with Gasteiger partial charge in [-0.1, -0.05) is 26.2 Å². The number of nitrogens with zero attached hydrogens (tertiary/aromatic N) is 1. The zero-order valence-electron chi connectivity index (χ0n) is 12.0. The highest BCUT2D eigenvalue weighted by Crippen LogP contribution is 1.98. The maximum Gasteiger partial charge on any atom is 0.0594 e. The number of unbranched alkanes of at least 4 members (excludes halogenated alkanes) is 3. The molecule has 1 N–H and O–H groups in total. The maximum atomic E-state index is 5.58. The smallest absolute Gasteiger partial charge is 0.0594 e. The van der Waals surface area contributed by atoms with Crippen molar-refractivity contribution in [3.63, 3.8) is 0 Å². The van der Waals surface area contributed by atoms with Crippen LogP contribution in [0.2, 0.25) is 0 Å². The molecule has 0 saturated carbocycles. The van der Waals surface area contributed by atoms with Gasteiger partial charge in [-0.2, -0.15) is 0 Å². The van der Waals surface area contributed by atoms with Crippen molar-refractivity contribution in [1.29, 1.82) is 0 Å². The average Bonchev–Trinajstić information content (AvgIpc) is 2.42. The van der Waals surface area contributed by atoms with Crippen LogP contribution in [0, 0.1) is 0 Å². The van der Waals surface area contributed by atoms with E-state index in [0.717, 1.165) is 59.2 Å². The van der Waals surface area contributed by atoms with E-state index in [0.29, 0.717) is 0 Å². The molecule has 0 aromatic carbocycles. The van der Waals surface area contributed by atoms with Gasteiger partial charge in [0, 0.05) is 39.3 Å². The van der Waals surface area contributed by atoms with Gasteiger partial charge >= 0.3 is 0 Å². The Balaban J connectivity index is 1.73. The van der Waals surface area contributed by atoms with Gasteiger partial charge in [-0.25, -0.2) is 0 Å². The molecule has 0 radical (unpaired) electrons. The van der Waals surface area contributed by atoms with Crippen LogP contribution in [0.3, 0.4) is 0 Å². The van der Waals surface area contributed by atoms with E-state index in [1.54, 1.807) is 0 Å². The Hall–Kier alpha value is -0.160. The number of rotatable bonds is 11. The second-order valence-electron chi connectivity index (χ2n) is 4.88. The first kappa shape index (κ1) is 15.9. The molecule has 1 fully saturated rings. The first-order valence-corrected chi connectivity index (χ1v) is 7.52. The molecule has 0 unspecified atom stereocenters. The number of morpholine rings is 1. The maximum absolute atomic E-state index is 5.58. The van der Waals surface area contributed by atoms with Gasteiger partial charge in [-0.15, -0.1) is 0 Å². The average molecular weight is 258 g/mol. The lowest BCUT2D eigenvalue weighted by atomic mass is 10.2. The Labute approximate surface area is 112 Å². The second-order valence-corrected chi connectivity index (χ2v) is 4.88. The van der Waals surface area contributed by atoms with Crippen LogP contribution in [-0.2, 0) is 9.47 Å². The summed E-state index contributed by atoms with van der Waals surface area (Å²) in [5.74, 6) is 0. The topological polar surface area (TPSA) is 33.7 Å². The Morgan fingerprint density at radius 1 is 1.06 bits per heavy atom. The molecule has 0 atom stereocenters. The van der Waals surface area contributed by atoms with Gasteiger partial charge in [-0.3, -0.25) is 4.90 Å². The Morgan fingerprint density at radius 3 is 2.67 bits per heavy atom. The van der Waals surface area contributed by atoms with Gasteiger partial charge in [0.05, 0.1) is 19.8 Å². The van der Waals surface area contributed by atoms with Gasteiger partial charge in [-0.05, 0) is 6.42 Å². The van der Waals surface area contributed by atoms with Crippen LogP contribution >= 0.6 is 0 Å². The first-order valence-electron chi connectivity index (χ1n) is 7.52. The quantitative estimate of drug-likeness (QED) is 0.570. The van der Waals surface area contributed by atoms with Crippen molar-refractivity contribution in [2.75, 3.05) is 59.2 Å². The highest BCUT2D eigenvalue weighted by atomic mass is 16.5. The van der Waals surface area contributed by atoms with Crippen molar-refractivity contribution in [2.24, 2.45) is 0 Å². The molecular weight excluding hydrogens is 228 g/mol. The van der Waals surface area contributed by atoms with Crippen molar-refractivity contribution >= 4 is 0 Å². The van der Waals surface area contributed by atoms with E-state index >= 15 is 0 Å². The lowest BCUT2D eigenvalue weighted by Gasteiger charge is -2.26. The van der Waals surface area contributed by atoms with Gasteiger partial charge in [0.25, 0.3) is 0 Å². The van der Waals surface area contributed by atoms with E-state index in [-0.39, 0.29) is 0 Å². The molecule has 1 aliphatic rings. The molecule has 0 amide bonds. The van der Waals surface area contributed by atoms with Crippen molar-refractivity contribution in [2.45, 2.75) is 32.6 Å². The molecule has 4 heteroatoms. The highest BCUT2D eigenvalue weighted by Gasteiger charge is 2.08. The van der Waals surface area contributed by atoms with Crippen LogP contribution in [0.1, 0.15) is 32.6 Å². The number of nitrogens with one attached hydrogen (secondary N) is 1. The highest BCUT2D eigenvalue weighted by molar-refractivity contribution is 4.62. The van der Waals surface area contributed by atoms with Crippen LogP contribution in [0.4, 0.5) is 0 Å². The molecule has 18 heavy (non-hydrogen) atoms. The molecule has 108 valence electrons. The van der Waals surface area contributed by atoms with Crippen LogP contribution in [0.15, 0.2) is 0 Å². The standard InChI is InChI=1S/C14H30N2O2/c1-2-3-4-5-11-17-12-7-15-6-8-16-9-13-18-14-10-16/h15H,2-14H2,1H3. The fourth-order valence-electron chi connectivity index (χ4n) is 2.06. The van der Waals surface area contributed by atoms with Gasteiger partial charge in [0.15, 0.2) is 0 Å². The summed E-state index contributed by atoms with van der Waals surface area (Å²) in [5, 5.41) is 3.43. The molecule has 1 rings (SSSR count). The molecule has 1 aliphatic heterocycles. The Morgan fingerprint density at radius 2 is 1.89 bits per heavy atom. The molecule has 0 aromatic rings. The van der Waals surface area contributed by atoms with Crippen molar-refractivity contribution < 1.29 is 9.47 Å². The van der Waals surface area contributed by atoms with Gasteiger partial charge in [0.1, 0.15) is 0 Å². The van der Waals surface area contributed by atoms with Crippen molar-refractivity contribution in [3.05, 3.63) is 0 Å². The summed E-state index contributed by atoms with van der Waals surface area (Å²) >= 11 is 0. The molecule has 1 heterocycles. The predicted molar refractivity (Wildman–Crippen MR) is 75.1 cm³/mol. The van der Waals surface area contributed by atoms with E-state index in [1.165, 1.54) is 25.7 Å². The largest absolute Gasteiger partial charge is 0.380 e. The van der Waals surface area contributed by atoms with Gasteiger partial charge in [0.2, 0.25) is 0 Å². The molecule has 0 bridgehead atoms. The lowest BCUT2D eigenvalue weighted by molar-refractivity contribution is 0.0381. The Kier molecular flexibility index (Phi) is 10.5. The van der Waals surface area contributed by atoms with E-state index in [1.807, 2.05) is 0 Å². The number of hydrogen-bond donors (Lipinski definition) is 1. The fraction of sp³-hybridized carbons (Fsp3) is 1.00. The third kappa shape index (κ3) is 8.86. The predicted octanol–water partition coefficient (Wildman–Crippen LogP) is 1.51. The minimum absolute atomic E-state index is 0.842. The summed E-state index contributed by atoms with van der Waals surface area (Å²) in [6, 6.07) is 0. The van der Waals surface area contributed by atoms with Crippen molar-refractivity contribution in [1.82, 2.24) is 10.2 Å². The summed E-state index contributed by atoms with van der Waals surface area (Å²) in [6.45, 7) is 11.1. The lowest BCUT2D eigenvalue weighted by Crippen LogP contribution is -2.40. The molecule has 4 nitrogen and oxygen atoms in total. The minimum atomic E-state index is 0.842. The molecule has 0 spiro atoms. The van der Waals surface area contributed by atoms with E-state index in [2.05, 4.69) is 17.1 Å². The van der Waals surface area contributed by atoms with E-state index in [4.69, 9.17) is 9.47 Å². The molecule has 1 saturated heterocycles. The summed E-state index contributed by atoms with van der Waals surface area (Å²) in [6.07, 6.45) is 5.15. The van der Waals surface area contributed by atoms with Crippen LogP contribution < -0.4 is 5.32 Å². The summed E-state index contributed by atoms with van der Waals surface area (Å²) in [7, 11) is 0. The zero-order valence-corrected chi connectivity index (χ0v) is 12.0. The first-order chi connectivity index (χ1) is 8.93. The molecular formula is C14H30N2O2. The second kappa shape index (κ2) is 11.9. The van der Waals surface area contributed by atoms with Crippen molar-refractivity contribution in [3.8, 4) is 0 Å². The summed E-state index contributed by atoms with van der Waals surface area (Å²) in [5.41, 5.74) is 0. The SMILES string of the molecule is CCCCCCOCCNCCN1CCOCC1. The van der Waals surface area contributed by atoms with Crippen LogP contribution in [-0.4, -0.2) is 64.1 Å². The number of ether oxygens (including phenoxy) is 2. The molecule has 0 aromatic heterocycles.